The van der Waals surface area contributed by atoms with E-state index in [1.165, 1.54) is 17.0 Å². The molecule has 2 heterocycles. The summed E-state index contributed by atoms with van der Waals surface area (Å²) < 4.78 is 63.9. The number of pyridine rings is 1. The van der Waals surface area contributed by atoms with E-state index in [2.05, 4.69) is 4.98 Å². The van der Waals surface area contributed by atoms with E-state index in [-0.39, 0.29) is 24.8 Å². The van der Waals surface area contributed by atoms with Crippen LogP contribution in [0.2, 0.25) is 0 Å². The highest BCUT2D eigenvalue weighted by Crippen LogP contribution is 2.29. The first kappa shape index (κ1) is 18.1. The Morgan fingerprint density at radius 3 is 2.38 bits per heavy atom. The molecule has 0 spiro atoms. The van der Waals surface area contributed by atoms with Crippen LogP contribution >= 0.6 is 0 Å². The fourth-order valence-corrected chi connectivity index (χ4v) is 2.67. The molecule has 0 atom stereocenters. The van der Waals surface area contributed by atoms with Crippen molar-refractivity contribution in [3.05, 3.63) is 59.3 Å². The van der Waals surface area contributed by atoms with Crippen LogP contribution in [0.3, 0.4) is 0 Å². The Labute approximate surface area is 145 Å². The summed E-state index contributed by atoms with van der Waals surface area (Å²) in [7, 11) is 0. The average molecular weight is 371 g/mol. The number of alkyl halides is 3. The Kier molecular flexibility index (Phi) is 4.80. The highest BCUT2D eigenvalue weighted by Gasteiger charge is 2.31. The molecule has 3 rings (SSSR count). The molecule has 0 unspecified atom stereocenters. The molecule has 0 N–H and O–H groups in total. The fourth-order valence-electron chi connectivity index (χ4n) is 2.67. The normalized spacial score (nSPS) is 15.5. The van der Waals surface area contributed by atoms with Gasteiger partial charge in [-0.05, 0) is 29.8 Å². The first-order chi connectivity index (χ1) is 12.2. The van der Waals surface area contributed by atoms with E-state index in [1.807, 2.05) is 0 Å². The smallest absolute Gasteiger partial charge is 0.346 e. The standard InChI is InChI=1S/C17H14F5N3O/c18-13-3-1-11(7-14(13)19)9-25-6-5-24(10-16(25)26)15-4-2-12(8-23-15)17(20,21)22/h1-4,7-8H,5-6,9-10H2. The lowest BCUT2D eigenvalue weighted by atomic mass is 10.2. The van der Waals surface area contributed by atoms with Crippen LogP contribution in [0.1, 0.15) is 11.1 Å². The number of nitrogens with zero attached hydrogens (tertiary/aromatic N) is 3. The van der Waals surface area contributed by atoms with Crippen molar-refractivity contribution in [1.82, 2.24) is 9.88 Å². The number of carbonyl (C=O) groups is 1. The number of aromatic nitrogens is 1. The molecule has 0 bridgehead atoms. The summed E-state index contributed by atoms with van der Waals surface area (Å²) in [4.78, 5) is 19.1. The zero-order chi connectivity index (χ0) is 18.9. The van der Waals surface area contributed by atoms with Crippen molar-refractivity contribution < 1.29 is 26.7 Å². The number of rotatable bonds is 3. The number of hydrogen-bond donors (Lipinski definition) is 0. The van der Waals surface area contributed by atoms with Crippen molar-refractivity contribution >= 4 is 11.7 Å². The predicted octanol–water partition coefficient (Wildman–Crippen LogP) is 3.23. The maximum absolute atomic E-state index is 13.3. The number of piperazine rings is 1. The number of amides is 1. The second-order valence-corrected chi connectivity index (χ2v) is 5.89. The first-order valence-corrected chi connectivity index (χ1v) is 7.74. The van der Waals surface area contributed by atoms with E-state index < -0.39 is 23.4 Å². The molecule has 2 aromatic rings. The van der Waals surface area contributed by atoms with E-state index >= 15 is 0 Å². The fraction of sp³-hybridized carbons (Fsp3) is 0.294. The van der Waals surface area contributed by atoms with Gasteiger partial charge in [-0.1, -0.05) is 6.07 Å². The molecule has 138 valence electrons. The van der Waals surface area contributed by atoms with Gasteiger partial charge in [0.25, 0.3) is 0 Å². The van der Waals surface area contributed by atoms with Crippen LogP contribution in [-0.4, -0.2) is 35.4 Å². The molecule has 1 aromatic carbocycles. The predicted molar refractivity (Wildman–Crippen MR) is 83.2 cm³/mol. The van der Waals surface area contributed by atoms with Crippen molar-refractivity contribution in [3.63, 3.8) is 0 Å². The molecular formula is C17H14F5N3O. The number of anilines is 1. The van der Waals surface area contributed by atoms with Gasteiger partial charge in [-0.25, -0.2) is 13.8 Å². The second-order valence-electron chi connectivity index (χ2n) is 5.89. The summed E-state index contributed by atoms with van der Waals surface area (Å²) in [6.45, 7) is 0.737. The quantitative estimate of drug-likeness (QED) is 0.778. The van der Waals surface area contributed by atoms with Crippen LogP contribution < -0.4 is 4.90 Å². The zero-order valence-corrected chi connectivity index (χ0v) is 13.4. The van der Waals surface area contributed by atoms with Crippen molar-refractivity contribution in [2.75, 3.05) is 24.5 Å². The van der Waals surface area contributed by atoms with Gasteiger partial charge in [-0.3, -0.25) is 4.79 Å². The molecule has 4 nitrogen and oxygen atoms in total. The molecular weight excluding hydrogens is 357 g/mol. The second kappa shape index (κ2) is 6.89. The lowest BCUT2D eigenvalue weighted by Crippen LogP contribution is -2.50. The summed E-state index contributed by atoms with van der Waals surface area (Å²) >= 11 is 0. The third kappa shape index (κ3) is 3.92. The van der Waals surface area contributed by atoms with Gasteiger partial charge in [-0.15, -0.1) is 0 Å². The zero-order valence-electron chi connectivity index (χ0n) is 13.4. The molecule has 0 saturated carbocycles. The molecule has 1 fully saturated rings. The van der Waals surface area contributed by atoms with Gasteiger partial charge in [-0.2, -0.15) is 13.2 Å². The highest BCUT2D eigenvalue weighted by molar-refractivity contribution is 5.82. The molecule has 1 aliphatic heterocycles. The minimum absolute atomic E-state index is 0.0535. The van der Waals surface area contributed by atoms with Crippen molar-refractivity contribution in [3.8, 4) is 0 Å². The summed E-state index contributed by atoms with van der Waals surface area (Å²) in [6, 6.07) is 5.57. The minimum atomic E-state index is -4.47. The monoisotopic (exact) mass is 371 g/mol. The van der Waals surface area contributed by atoms with Crippen LogP contribution in [0.25, 0.3) is 0 Å². The Morgan fingerprint density at radius 2 is 1.81 bits per heavy atom. The molecule has 0 radical (unpaired) electrons. The summed E-state index contributed by atoms with van der Waals surface area (Å²) in [5.74, 6) is -1.94. The summed E-state index contributed by atoms with van der Waals surface area (Å²) in [5, 5.41) is 0. The van der Waals surface area contributed by atoms with E-state index in [1.54, 1.807) is 4.90 Å². The molecule has 0 aliphatic carbocycles. The van der Waals surface area contributed by atoms with Gasteiger partial charge in [0.15, 0.2) is 11.6 Å². The topological polar surface area (TPSA) is 36.4 Å². The maximum Gasteiger partial charge on any atom is 0.417 e. The van der Waals surface area contributed by atoms with E-state index in [0.29, 0.717) is 18.7 Å². The Hall–Kier alpha value is -2.71. The van der Waals surface area contributed by atoms with Crippen LogP contribution in [-0.2, 0) is 17.5 Å². The largest absolute Gasteiger partial charge is 0.417 e. The summed E-state index contributed by atoms with van der Waals surface area (Å²) in [5.41, 5.74) is -0.400. The minimum Gasteiger partial charge on any atom is -0.346 e. The average Bonchev–Trinajstić information content (AvgIpc) is 2.59. The van der Waals surface area contributed by atoms with Crippen LogP contribution in [0.4, 0.5) is 27.8 Å². The van der Waals surface area contributed by atoms with Gasteiger partial charge in [0, 0.05) is 25.8 Å². The summed E-state index contributed by atoms with van der Waals surface area (Å²) in [6.07, 6.45) is -3.74. The lowest BCUT2D eigenvalue weighted by molar-refractivity contribution is -0.138. The van der Waals surface area contributed by atoms with E-state index in [4.69, 9.17) is 0 Å². The Balaban J connectivity index is 1.64. The molecule has 1 aromatic heterocycles. The number of benzene rings is 1. The van der Waals surface area contributed by atoms with E-state index in [9.17, 15) is 26.7 Å². The van der Waals surface area contributed by atoms with Gasteiger partial charge in [0.2, 0.25) is 5.91 Å². The van der Waals surface area contributed by atoms with Crippen molar-refractivity contribution in [2.45, 2.75) is 12.7 Å². The van der Waals surface area contributed by atoms with Gasteiger partial charge in [0.05, 0.1) is 12.1 Å². The van der Waals surface area contributed by atoms with Crippen LogP contribution in [0, 0.1) is 11.6 Å². The number of hydrogen-bond acceptors (Lipinski definition) is 3. The maximum atomic E-state index is 13.3. The van der Waals surface area contributed by atoms with Crippen LogP contribution in [0.15, 0.2) is 36.5 Å². The molecule has 1 amide bonds. The number of carbonyl (C=O) groups excluding carboxylic acids is 1. The highest BCUT2D eigenvalue weighted by atomic mass is 19.4. The van der Waals surface area contributed by atoms with Crippen LogP contribution in [0.5, 0.6) is 0 Å². The lowest BCUT2D eigenvalue weighted by Gasteiger charge is -2.35. The number of halogens is 5. The third-order valence-corrected chi connectivity index (χ3v) is 4.08. The van der Waals surface area contributed by atoms with Gasteiger partial charge < -0.3 is 9.80 Å². The molecule has 1 aliphatic rings. The SMILES string of the molecule is O=C1CN(c2ccc(C(F)(F)F)cn2)CCN1Cc1ccc(F)c(F)c1. The molecule has 9 heteroatoms. The Morgan fingerprint density at radius 1 is 1.04 bits per heavy atom. The first-order valence-electron chi connectivity index (χ1n) is 7.74. The molecule has 1 saturated heterocycles. The van der Waals surface area contributed by atoms with Crippen molar-refractivity contribution in [1.29, 1.82) is 0 Å². The van der Waals surface area contributed by atoms with E-state index in [0.717, 1.165) is 24.4 Å². The Bertz CT molecular complexity index is 807. The van der Waals surface area contributed by atoms with Crippen molar-refractivity contribution in [2.24, 2.45) is 0 Å². The molecule has 26 heavy (non-hydrogen) atoms. The van der Waals surface area contributed by atoms with Gasteiger partial charge in [0.1, 0.15) is 5.82 Å². The third-order valence-electron chi connectivity index (χ3n) is 4.08. The van der Waals surface area contributed by atoms with Gasteiger partial charge >= 0.3 is 6.18 Å².